The molecule has 1 aliphatic heterocycles. The van der Waals surface area contributed by atoms with E-state index in [-0.39, 0.29) is 12.6 Å². The molecule has 2 heterocycles. The number of ether oxygens (including phenoxy) is 3. The summed E-state index contributed by atoms with van der Waals surface area (Å²) < 4.78 is 22.8. The third-order valence-corrected chi connectivity index (χ3v) is 4.41. The summed E-state index contributed by atoms with van der Waals surface area (Å²) in [6.45, 7) is 0.487. The Hall–Kier alpha value is -2.99. The zero-order chi connectivity index (χ0) is 18.6. The van der Waals surface area contributed by atoms with Crippen molar-refractivity contribution in [1.82, 2.24) is 0 Å². The lowest BCUT2D eigenvalue weighted by atomic mass is 10.1. The Balaban J connectivity index is 1.37. The molecule has 1 aromatic heterocycles. The molecule has 1 aliphatic rings. The summed E-state index contributed by atoms with van der Waals surface area (Å²) in [5.41, 5.74) is 0.528. The molecule has 0 unspecified atom stereocenters. The van der Waals surface area contributed by atoms with Crippen molar-refractivity contribution in [2.45, 2.75) is 6.61 Å². The fraction of sp³-hybridized carbons (Fsp3) is 0.0952. The number of benzene rings is 2. The molecule has 0 amide bonds. The van der Waals surface area contributed by atoms with Crippen LogP contribution in [0.15, 0.2) is 69.6 Å². The largest absolute Gasteiger partial charge is 0.486 e. The van der Waals surface area contributed by atoms with Gasteiger partial charge in [0.05, 0.1) is 0 Å². The molecule has 0 atom stereocenters. The minimum Gasteiger partial charge on any atom is -0.486 e. The predicted octanol–water partition coefficient (Wildman–Crippen LogP) is 5.25. The molecular weight excluding hydrogens is 412 g/mol. The number of hydrogen-bond donors (Lipinski definition) is 0. The van der Waals surface area contributed by atoms with Crippen LogP contribution >= 0.6 is 15.9 Å². The van der Waals surface area contributed by atoms with E-state index in [9.17, 15) is 4.79 Å². The van der Waals surface area contributed by atoms with E-state index in [1.807, 2.05) is 30.3 Å². The first-order chi connectivity index (χ1) is 13.2. The van der Waals surface area contributed by atoms with Crippen LogP contribution < -0.4 is 14.2 Å². The summed E-state index contributed by atoms with van der Waals surface area (Å²) in [6, 6.07) is 16.3. The lowest BCUT2D eigenvalue weighted by Crippen LogP contribution is -1.94. The number of carbonyl (C=O) groups is 1. The number of ketones is 1. The van der Waals surface area contributed by atoms with Gasteiger partial charge in [0.2, 0.25) is 6.79 Å². The maximum atomic E-state index is 12.3. The summed E-state index contributed by atoms with van der Waals surface area (Å²) in [7, 11) is 0. The van der Waals surface area contributed by atoms with Gasteiger partial charge < -0.3 is 18.6 Å². The third-order valence-electron chi connectivity index (χ3n) is 3.92. The van der Waals surface area contributed by atoms with Crippen molar-refractivity contribution in [3.8, 4) is 17.2 Å². The van der Waals surface area contributed by atoms with Crippen molar-refractivity contribution in [3.05, 3.63) is 82.2 Å². The number of hydrogen-bond acceptors (Lipinski definition) is 5. The molecule has 6 heteroatoms. The van der Waals surface area contributed by atoms with E-state index in [2.05, 4.69) is 15.9 Å². The molecule has 0 radical (unpaired) electrons. The monoisotopic (exact) mass is 426 g/mol. The van der Waals surface area contributed by atoms with Crippen LogP contribution in [0.2, 0.25) is 0 Å². The molecular formula is C21H15BrO5. The Bertz CT molecular complexity index is 1010. The van der Waals surface area contributed by atoms with Crippen molar-refractivity contribution in [2.75, 3.05) is 6.79 Å². The van der Waals surface area contributed by atoms with Gasteiger partial charge >= 0.3 is 0 Å². The highest BCUT2D eigenvalue weighted by atomic mass is 79.9. The number of rotatable bonds is 6. The Morgan fingerprint density at radius 2 is 1.96 bits per heavy atom. The molecule has 0 aliphatic carbocycles. The van der Waals surface area contributed by atoms with Gasteiger partial charge in [0.15, 0.2) is 17.3 Å². The zero-order valence-electron chi connectivity index (χ0n) is 14.2. The minimum absolute atomic E-state index is 0.142. The van der Waals surface area contributed by atoms with Gasteiger partial charge in [0.1, 0.15) is 23.9 Å². The van der Waals surface area contributed by atoms with E-state index in [0.717, 1.165) is 10.2 Å². The van der Waals surface area contributed by atoms with Gasteiger partial charge in [-0.2, -0.15) is 0 Å². The Morgan fingerprint density at radius 1 is 1.07 bits per heavy atom. The number of allylic oxidation sites excluding steroid dienone is 1. The minimum atomic E-state index is -0.142. The zero-order valence-corrected chi connectivity index (χ0v) is 15.8. The predicted molar refractivity (Wildman–Crippen MR) is 103 cm³/mol. The highest BCUT2D eigenvalue weighted by molar-refractivity contribution is 9.10. The summed E-state index contributed by atoms with van der Waals surface area (Å²) in [6.07, 6.45) is 3.10. The van der Waals surface area contributed by atoms with Crippen LogP contribution in [0.5, 0.6) is 17.2 Å². The maximum Gasteiger partial charge on any atom is 0.231 e. The molecule has 5 nitrogen and oxygen atoms in total. The van der Waals surface area contributed by atoms with Crippen LogP contribution in [0.1, 0.15) is 21.9 Å². The van der Waals surface area contributed by atoms with Crippen molar-refractivity contribution in [1.29, 1.82) is 0 Å². The SMILES string of the molecule is O=C(/C=C/c1ccc(COc2cccc(Br)c2)o1)c1ccc2c(c1)OCO2. The van der Waals surface area contributed by atoms with Crippen LogP contribution in [-0.2, 0) is 6.61 Å². The van der Waals surface area contributed by atoms with Crippen LogP contribution in [0.4, 0.5) is 0 Å². The molecule has 0 saturated heterocycles. The molecule has 27 heavy (non-hydrogen) atoms. The average Bonchev–Trinajstić information content (AvgIpc) is 3.33. The van der Waals surface area contributed by atoms with Crippen LogP contribution in [0.25, 0.3) is 6.08 Å². The molecule has 0 fully saturated rings. The summed E-state index contributed by atoms with van der Waals surface area (Å²) in [5.74, 6) is 3.09. The second kappa shape index (κ2) is 7.72. The molecule has 3 aromatic rings. The summed E-state index contributed by atoms with van der Waals surface area (Å²) >= 11 is 3.40. The second-order valence-electron chi connectivity index (χ2n) is 5.82. The molecule has 2 aromatic carbocycles. The van der Waals surface area contributed by atoms with Gasteiger partial charge in [-0.1, -0.05) is 22.0 Å². The summed E-state index contributed by atoms with van der Waals surface area (Å²) in [4.78, 5) is 12.3. The van der Waals surface area contributed by atoms with Gasteiger partial charge in [-0.25, -0.2) is 0 Å². The lowest BCUT2D eigenvalue weighted by molar-refractivity contribution is 0.104. The Kier molecular flexibility index (Phi) is 4.98. The number of fused-ring (bicyclic) bond motifs is 1. The van der Waals surface area contributed by atoms with Gasteiger partial charge in [0.25, 0.3) is 0 Å². The van der Waals surface area contributed by atoms with E-state index in [1.165, 1.54) is 6.08 Å². The lowest BCUT2D eigenvalue weighted by Gasteiger charge is -2.04. The quantitative estimate of drug-likeness (QED) is 0.398. The van der Waals surface area contributed by atoms with Crippen LogP contribution in [-0.4, -0.2) is 12.6 Å². The normalized spacial score (nSPS) is 12.5. The van der Waals surface area contributed by atoms with Gasteiger partial charge in [-0.3, -0.25) is 4.79 Å². The molecule has 136 valence electrons. The third kappa shape index (κ3) is 4.23. The first-order valence-corrected chi connectivity index (χ1v) is 9.06. The van der Waals surface area contributed by atoms with E-state index in [1.54, 1.807) is 30.3 Å². The van der Waals surface area contributed by atoms with Crippen molar-refractivity contribution in [3.63, 3.8) is 0 Å². The van der Waals surface area contributed by atoms with Crippen molar-refractivity contribution in [2.24, 2.45) is 0 Å². The molecule has 0 N–H and O–H groups in total. The fourth-order valence-corrected chi connectivity index (χ4v) is 2.95. The highest BCUT2D eigenvalue weighted by Gasteiger charge is 2.15. The fourth-order valence-electron chi connectivity index (χ4n) is 2.58. The van der Waals surface area contributed by atoms with Gasteiger partial charge in [-0.15, -0.1) is 0 Å². The molecule has 0 bridgehead atoms. The van der Waals surface area contributed by atoms with E-state index >= 15 is 0 Å². The first-order valence-electron chi connectivity index (χ1n) is 8.26. The highest BCUT2D eigenvalue weighted by Crippen LogP contribution is 2.32. The maximum absolute atomic E-state index is 12.3. The Morgan fingerprint density at radius 3 is 2.85 bits per heavy atom. The number of carbonyl (C=O) groups excluding carboxylic acids is 1. The molecule has 0 saturated carbocycles. The smallest absolute Gasteiger partial charge is 0.231 e. The van der Waals surface area contributed by atoms with E-state index < -0.39 is 0 Å². The first kappa shape index (κ1) is 17.4. The van der Waals surface area contributed by atoms with E-state index in [4.69, 9.17) is 18.6 Å². The van der Waals surface area contributed by atoms with Crippen LogP contribution in [0, 0.1) is 0 Å². The average molecular weight is 427 g/mol. The number of furan rings is 1. The van der Waals surface area contributed by atoms with Crippen molar-refractivity contribution < 1.29 is 23.4 Å². The molecule has 4 rings (SSSR count). The molecule has 0 spiro atoms. The number of halogens is 1. The van der Waals surface area contributed by atoms with Crippen molar-refractivity contribution >= 4 is 27.8 Å². The standard InChI is InChI=1S/C21H15BrO5/c22-15-2-1-3-17(11-15)24-12-18-6-5-16(27-18)7-8-19(23)14-4-9-20-21(10-14)26-13-25-20/h1-11H,12-13H2/b8-7+. The topological polar surface area (TPSA) is 57.9 Å². The second-order valence-corrected chi connectivity index (χ2v) is 6.73. The van der Waals surface area contributed by atoms with Gasteiger partial charge in [0, 0.05) is 10.0 Å². The Labute approximate surface area is 164 Å². The van der Waals surface area contributed by atoms with Crippen LogP contribution in [0.3, 0.4) is 0 Å². The van der Waals surface area contributed by atoms with Gasteiger partial charge in [-0.05, 0) is 60.7 Å². The van der Waals surface area contributed by atoms with E-state index in [0.29, 0.717) is 35.2 Å². The summed E-state index contributed by atoms with van der Waals surface area (Å²) in [5, 5.41) is 0.